The number of rotatable bonds is 9. The Balaban J connectivity index is 1.23. The quantitative estimate of drug-likeness (QED) is 0.253. The van der Waals surface area contributed by atoms with Crippen LogP contribution < -0.4 is 14.4 Å². The van der Waals surface area contributed by atoms with E-state index in [-0.39, 0.29) is 24.0 Å². The van der Waals surface area contributed by atoms with Gasteiger partial charge in [-0.3, -0.25) is 9.59 Å². The molecule has 3 heterocycles. The smallest absolute Gasteiger partial charge is 0.243 e. The summed E-state index contributed by atoms with van der Waals surface area (Å²) in [5.74, 6) is -2.43. The number of aliphatic carboxylic acids is 1. The molecule has 1 N–H and O–H groups in total. The Bertz CT molecular complexity index is 1590. The number of carbonyl (C=O) groups excluding carboxylic acids is 3. The van der Waals surface area contributed by atoms with Crippen LogP contribution in [-0.4, -0.2) is 51.0 Å². The fraction of sp³-hybridized carbons (Fsp3) is 0.355. The molecule has 3 aliphatic rings. The standard InChI is InChI=1S/C31H31N3O6/c1-17-23(28(31(38)39)34-27(17)25(18(2)35)30(34)37)15-40-24-8-4-7-21-26(24)20-10-9-19(14-22(20)29(21)36)6-5-11-33-13-12-32(3)16-33/h4,7-10,12-14,16-18,25,27,35H,5-6,11,15H2,1-3H3/t17-,18?,25?,27?/m0/s1. The number of benzene rings is 2. The van der Waals surface area contributed by atoms with Gasteiger partial charge in [0.15, 0.2) is 5.78 Å². The fourth-order valence-corrected chi connectivity index (χ4v) is 6.49. The first-order valence-electron chi connectivity index (χ1n) is 13.6. The summed E-state index contributed by atoms with van der Waals surface area (Å²) in [7, 11) is 1.99. The Morgan fingerprint density at radius 2 is 1.98 bits per heavy atom. The maximum Gasteiger partial charge on any atom is 0.243 e. The van der Waals surface area contributed by atoms with Crippen molar-refractivity contribution in [1.82, 2.24) is 9.47 Å². The van der Waals surface area contributed by atoms with Crippen LogP contribution in [0.1, 0.15) is 41.8 Å². The molecule has 2 aliphatic heterocycles. The molecule has 1 aromatic heterocycles. The van der Waals surface area contributed by atoms with Gasteiger partial charge in [0.25, 0.3) is 0 Å². The van der Waals surface area contributed by atoms with Crippen molar-refractivity contribution >= 4 is 17.7 Å². The fourth-order valence-electron chi connectivity index (χ4n) is 6.49. The largest absolute Gasteiger partial charge is 0.543 e. The highest BCUT2D eigenvalue weighted by molar-refractivity contribution is 6.22. The van der Waals surface area contributed by atoms with E-state index in [2.05, 4.69) is 4.57 Å². The maximum atomic E-state index is 13.3. The summed E-state index contributed by atoms with van der Waals surface area (Å²) in [5, 5.41) is 22.1. The number of hydrogen-bond donors (Lipinski definition) is 1. The summed E-state index contributed by atoms with van der Waals surface area (Å²) in [6.45, 7) is 4.18. The van der Waals surface area contributed by atoms with Gasteiger partial charge >= 0.3 is 0 Å². The Labute approximate surface area is 231 Å². The lowest BCUT2D eigenvalue weighted by molar-refractivity contribution is -0.671. The van der Waals surface area contributed by atoms with E-state index >= 15 is 0 Å². The van der Waals surface area contributed by atoms with Gasteiger partial charge in [-0.2, -0.15) is 0 Å². The molecule has 4 atom stereocenters. The Hall–Kier alpha value is -4.24. The highest BCUT2D eigenvalue weighted by Gasteiger charge is 2.58. The lowest BCUT2D eigenvalue weighted by atomic mass is 9.78. The van der Waals surface area contributed by atoms with E-state index in [4.69, 9.17) is 4.74 Å². The molecular formula is C31H31N3O6. The van der Waals surface area contributed by atoms with E-state index in [1.54, 1.807) is 18.2 Å². The van der Waals surface area contributed by atoms with Gasteiger partial charge in [-0.05, 0) is 48.6 Å². The number of hydrogen-bond acceptors (Lipinski definition) is 6. The second kappa shape index (κ2) is 9.75. The molecule has 0 saturated carbocycles. The van der Waals surface area contributed by atoms with Crippen molar-refractivity contribution in [2.45, 2.75) is 45.4 Å². The van der Waals surface area contributed by atoms with Gasteiger partial charge in [-0.25, -0.2) is 9.13 Å². The molecule has 0 radical (unpaired) electrons. The van der Waals surface area contributed by atoms with E-state index in [9.17, 15) is 24.6 Å². The molecule has 1 amide bonds. The Kier molecular flexibility index (Phi) is 6.34. The molecule has 3 unspecified atom stereocenters. The number of aryl methyl sites for hydroxylation is 3. The number of aliphatic hydroxyl groups excluding tert-OH is 1. The van der Waals surface area contributed by atoms with Gasteiger partial charge in [0.1, 0.15) is 24.8 Å². The number of β-lactam (4-membered cyclic amide) rings is 1. The molecule has 6 rings (SSSR count). The van der Waals surface area contributed by atoms with Crippen LogP contribution in [0.4, 0.5) is 0 Å². The number of aliphatic hydroxyl groups is 1. The zero-order chi connectivity index (χ0) is 28.3. The van der Waals surface area contributed by atoms with Crippen molar-refractivity contribution in [2.24, 2.45) is 18.9 Å². The van der Waals surface area contributed by atoms with Crippen LogP contribution in [0, 0.1) is 11.8 Å². The molecule has 0 bridgehead atoms. The predicted octanol–water partition coefficient (Wildman–Crippen LogP) is 1.40. The summed E-state index contributed by atoms with van der Waals surface area (Å²) in [5.41, 5.74) is 4.01. The van der Waals surface area contributed by atoms with Crippen molar-refractivity contribution < 1.29 is 33.9 Å². The minimum atomic E-state index is -1.44. The first kappa shape index (κ1) is 26.0. The monoisotopic (exact) mass is 541 g/mol. The zero-order valence-corrected chi connectivity index (χ0v) is 22.7. The minimum Gasteiger partial charge on any atom is -0.543 e. The summed E-state index contributed by atoms with van der Waals surface area (Å²) in [6.07, 6.45) is 6.96. The SMILES string of the molecule is CC(O)C1C(=O)N2C(C(=O)[O-])=C(COc3cccc4c3-c3ccc(CCCn5cc[n+](C)c5)cc3C4=O)[C@H](C)C12. The van der Waals surface area contributed by atoms with E-state index in [1.165, 1.54) is 11.8 Å². The normalized spacial score (nSPS) is 21.7. The van der Waals surface area contributed by atoms with Crippen molar-refractivity contribution in [3.8, 4) is 16.9 Å². The molecule has 9 nitrogen and oxygen atoms in total. The summed E-state index contributed by atoms with van der Waals surface area (Å²) < 4.78 is 10.3. The lowest BCUT2D eigenvalue weighted by Gasteiger charge is -2.47. The average Bonchev–Trinajstić information content (AvgIpc) is 3.53. The number of ether oxygens (including phenoxy) is 1. The average molecular weight is 542 g/mol. The summed E-state index contributed by atoms with van der Waals surface area (Å²) in [4.78, 5) is 39.2. The molecule has 206 valence electrons. The van der Waals surface area contributed by atoms with E-state index in [0.717, 1.165) is 30.5 Å². The number of ketones is 1. The molecule has 0 spiro atoms. The van der Waals surface area contributed by atoms with Crippen LogP contribution in [0.2, 0.25) is 0 Å². The van der Waals surface area contributed by atoms with Crippen LogP contribution in [-0.2, 0) is 29.6 Å². The van der Waals surface area contributed by atoms with Crippen molar-refractivity contribution in [2.75, 3.05) is 6.61 Å². The third-order valence-corrected chi connectivity index (χ3v) is 8.47. The number of carboxylic acids is 1. The molecule has 2 aromatic carbocycles. The number of fused-ring (bicyclic) bond motifs is 4. The highest BCUT2D eigenvalue weighted by atomic mass is 16.5. The molecule has 1 fully saturated rings. The molecule has 3 aromatic rings. The third-order valence-electron chi connectivity index (χ3n) is 8.47. The third kappa shape index (κ3) is 4.03. The van der Waals surface area contributed by atoms with Crippen molar-refractivity contribution in [3.05, 3.63) is 83.1 Å². The van der Waals surface area contributed by atoms with Gasteiger partial charge in [0.05, 0.1) is 43.3 Å². The van der Waals surface area contributed by atoms with Gasteiger partial charge in [0.2, 0.25) is 12.2 Å². The van der Waals surface area contributed by atoms with Gasteiger partial charge in [0, 0.05) is 22.6 Å². The second-order valence-corrected chi connectivity index (χ2v) is 11.0. The number of aromatic nitrogens is 2. The van der Waals surface area contributed by atoms with Crippen LogP contribution >= 0.6 is 0 Å². The van der Waals surface area contributed by atoms with Crippen molar-refractivity contribution in [1.29, 1.82) is 0 Å². The van der Waals surface area contributed by atoms with E-state index < -0.39 is 29.9 Å². The van der Waals surface area contributed by atoms with Gasteiger partial charge in [-0.15, -0.1) is 0 Å². The zero-order valence-electron chi connectivity index (χ0n) is 22.7. The first-order valence-corrected chi connectivity index (χ1v) is 13.6. The molecule has 40 heavy (non-hydrogen) atoms. The minimum absolute atomic E-state index is 0.0619. The number of nitrogens with zero attached hydrogens (tertiary/aromatic N) is 3. The number of imidazole rings is 1. The van der Waals surface area contributed by atoms with Crippen LogP contribution in [0.15, 0.2) is 66.4 Å². The number of carboxylic acid groups (broad SMARTS) is 1. The van der Waals surface area contributed by atoms with Crippen molar-refractivity contribution in [3.63, 3.8) is 0 Å². The molecular weight excluding hydrogens is 510 g/mol. The molecule has 1 saturated heterocycles. The van der Waals surface area contributed by atoms with Crippen LogP contribution in [0.5, 0.6) is 5.75 Å². The molecule has 1 aliphatic carbocycles. The molecule has 9 heteroatoms. The van der Waals surface area contributed by atoms with Crippen LogP contribution in [0.25, 0.3) is 11.1 Å². The topological polar surface area (TPSA) is 116 Å². The van der Waals surface area contributed by atoms with Gasteiger partial charge in [-0.1, -0.05) is 31.2 Å². The number of carbonyl (C=O) groups is 3. The van der Waals surface area contributed by atoms with Crippen LogP contribution in [0.3, 0.4) is 0 Å². The van der Waals surface area contributed by atoms with Gasteiger partial charge < -0.3 is 24.6 Å². The second-order valence-electron chi connectivity index (χ2n) is 11.0. The maximum absolute atomic E-state index is 13.3. The predicted molar refractivity (Wildman–Crippen MR) is 142 cm³/mol. The van der Waals surface area contributed by atoms with E-state index in [1.807, 2.05) is 55.5 Å². The highest BCUT2D eigenvalue weighted by Crippen LogP contribution is 2.48. The Morgan fingerprint density at radius 3 is 2.67 bits per heavy atom. The summed E-state index contributed by atoms with van der Waals surface area (Å²) in [6, 6.07) is 10.8. The first-order chi connectivity index (χ1) is 19.2. The lowest BCUT2D eigenvalue weighted by Crippen LogP contribution is -2.64. The van der Waals surface area contributed by atoms with E-state index in [0.29, 0.717) is 28.0 Å². The number of amides is 1. The Morgan fingerprint density at radius 1 is 1.18 bits per heavy atom. The summed E-state index contributed by atoms with van der Waals surface area (Å²) >= 11 is 0.